The maximum absolute atomic E-state index is 9.50. The normalized spacial score (nSPS) is 23.7. The van der Waals surface area contributed by atoms with E-state index in [-0.39, 0.29) is 12.2 Å². The van der Waals surface area contributed by atoms with Gasteiger partial charge >= 0.3 is 0 Å². The van der Waals surface area contributed by atoms with Gasteiger partial charge in [0, 0.05) is 36.4 Å². The zero-order valence-electron chi connectivity index (χ0n) is 16.5. The highest BCUT2D eigenvalue weighted by atomic mass is 35.5. The molecule has 3 aliphatic heterocycles. The number of nitriles is 1. The van der Waals surface area contributed by atoms with E-state index in [9.17, 15) is 5.26 Å². The second-order valence-electron chi connectivity index (χ2n) is 7.99. The van der Waals surface area contributed by atoms with E-state index in [1.54, 1.807) is 11.4 Å². The van der Waals surface area contributed by atoms with Gasteiger partial charge in [0.2, 0.25) is 0 Å². The Bertz CT molecular complexity index is 1250. The molecule has 31 heavy (non-hydrogen) atoms. The Morgan fingerprint density at radius 3 is 3.13 bits per heavy atom. The van der Waals surface area contributed by atoms with E-state index >= 15 is 0 Å². The molecule has 2 bridgehead atoms. The Balaban J connectivity index is 1.24. The number of aromatic nitrogens is 5. The fraction of sp³-hybridized carbons (Fsp3) is 0.333. The number of nitrogens with zero attached hydrogens (tertiary/aromatic N) is 7. The standard InChI is InChI=1S/C21H19ClN8O/c22-18-2-1-17-21(30(18)31-17)28-8-5-13(10-28)16(3-6-23)29-11-14(9-27-29)19-15-4-7-24-20(15)26-12-25-19/h1-2,4,7,9,11-13,16,21H,3,5,8,10H2,(H,24,25,26). The summed E-state index contributed by atoms with van der Waals surface area (Å²) in [7, 11) is 0. The van der Waals surface area contributed by atoms with Crippen molar-refractivity contribution in [3.8, 4) is 17.3 Å². The summed E-state index contributed by atoms with van der Waals surface area (Å²) in [4.78, 5) is 19.8. The molecule has 0 amide bonds. The minimum atomic E-state index is -0.0110. The van der Waals surface area contributed by atoms with Crippen LogP contribution >= 0.6 is 11.6 Å². The number of hydrogen-bond acceptors (Lipinski definition) is 7. The molecule has 0 aromatic carbocycles. The molecule has 0 radical (unpaired) electrons. The number of aromatic amines is 1. The van der Waals surface area contributed by atoms with Gasteiger partial charge in [0.1, 0.15) is 17.1 Å². The van der Waals surface area contributed by atoms with Crippen LogP contribution in [0.15, 0.2) is 54.1 Å². The molecule has 156 valence electrons. The van der Waals surface area contributed by atoms with Crippen molar-refractivity contribution in [1.29, 1.82) is 5.26 Å². The monoisotopic (exact) mass is 434 g/mol. The summed E-state index contributed by atoms with van der Waals surface area (Å²) in [6.07, 6.45) is 12.4. The summed E-state index contributed by atoms with van der Waals surface area (Å²) in [6, 6.07) is 4.30. The van der Waals surface area contributed by atoms with E-state index in [0.717, 1.165) is 47.6 Å². The van der Waals surface area contributed by atoms with Crippen molar-refractivity contribution in [1.82, 2.24) is 34.7 Å². The average Bonchev–Trinajstić information content (AvgIpc) is 3.52. The van der Waals surface area contributed by atoms with Gasteiger partial charge in [-0.15, -0.1) is 0 Å². The molecule has 3 aromatic rings. The minimum Gasteiger partial charge on any atom is -0.377 e. The Morgan fingerprint density at radius 2 is 2.29 bits per heavy atom. The smallest absolute Gasteiger partial charge is 0.181 e. The van der Waals surface area contributed by atoms with Crippen molar-refractivity contribution in [3.63, 3.8) is 0 Å². The van der Waals surface area contributed by atoms with Crippen LogP contribution in [0.4, 0.5) is 0 Å². The highest BCUT2D eigenvalue weighted by Gasteiger charge is 2.47. The van der Waals surface area contributed by atoms with E-state index < -0.39 is 0 Å². The lowest BCUT2D eigenvalue weighted by atomic mass is 9.96. The number of allylic oxidation sites excluding steroid dienone is 2. The predicted octanol–water partition coefficient (Wildman–Crippen LogP) is 3.15. The van der Waals surface area contributed by atoms with Crippen LogP contribution in [0.1, 0.15) is 18.9 Å². The number of halogens is 1. The predicted molar refractivity (Wildman–Crippen MR) is 113 cm³/mol. The SMILES string of the molecule is N#CCC(C1CCN(C2C3=CC=C(Cl)N2O3)C1)n1cc(-c2ncnc3[nH]ccc23)cn1. The van der Waals surface area contributed by atoms with E-state index in [2.05, 4.69) is 31.0 Å². The maximum Gasteiger partial charge on any atom is 0.181 e. The second-order valence-corrected chi connectivity index (χ2v) is 8.38. The average molecular weight is 435 g/mol. The molecule has 2 fully saturated rings. The zero-order chi connectivity index (χ0) is 20.9. The van der Waals surface area contributed by atoms with Crippen molar-refractivity contribution in [2.45, 2.75) is 25.0 Å². The van der Waals surface area contributed by atoms with Crippen molar-refractivity contribution in [3.05, 3.63) is 54.1 Å². The molecule has 0 spiro atoms. The first-order valence-electron chi connectivity index (χ1n) is 10.2. The summed E-state index contributed by atoms with van der Waals surface area (Å²) in [5.74, 6) is 1.22. The van der Waals surface area contributed by atoms with Gasteiger partial charge in [-0.3, -0.25) is 9.58 Å². The summed E-state index contributed by atoms with van der Waals surface area (Å²) >= 11 is 6.24. The largest absolute Gasteiger partial charge is 0.377 e. The number of H-pyrrole nitrogens is 1. The third kappa shape index (κ3) is 2.91. The van der Waals surface area contributed by atoms with Crippen molar-refractivity contribution in [2.24, 2.45) is 5.92 Å². The zero-order valence-corrected chi connectivity index (χ0v) is 17.3. The summed E-state index contributed by atoms with van der Waals surface area (Å²) in [5.41, 5.74) is 2.55. The van der Waals surface area contributed by atoms with Crippen molar-refractivity contribution >= 4 is 22.6 Å². The first-order valence-corrected chi connectivity index (χ1v) is 10.6. The third-order valence-electron chi connectivity index (χ3n) is 6.29. The number of fused-ring (bicyclic) bond motifs is 3. The van der Waals surface area contributed by atoms with E-state index in [1.807, 2.05) is 41.5 Å². The van der Waals surface area contributed by atoms with E-state index in [0.29, 0.717) is 17.5 Å². The van der Waals surface area contributed by atoms with Gasteiger partial charge in [0.25, 0.3) is 0 Å². The van der Waals surface area contributed by atoms with Crippen LogP contribution in [0.25, 0.3) is 22.3 Å². The Morgan fingerprint density at radius 1 is 1.35 bits per heavy atom. The van der Waals surface area contributed by atoms with Crippen molar-refractivity contribution in [2.75, 3.05) is 13.1 Å². The highest BCUT2D eigenvalue weighted by molar-refractivity contribution is 6.29. The van der Waals surface area contributed by atoms with Gasteiger partial charge in [-0.2, -0.15) is 15.4 Å². The van der Waals surface area contributed by atoms with Crippen molar-refractivity contribution < 1.29 is 4.84 Å². The van der Waals surface area contributed by atoms with Gasteiger partial charge in [0.15, 0.2) is 11.9 Å². The molecule has 6 heterocycles. The number of hydrogen-bond donors (Lipinski definition) is 1. The molecule has 3 aromatic heterocycles. The van der Waals surface area contributed by atoms with Crippen LogP contribution in [0, 0.1) is 17.2 Å². The maximum atomic E-state index is 9.50. The lowest BCUT2D eigenvalue weighted by molar-refractivity contribution is -0.248. The lowest BCUT2D eigenvalue weighted by Gasteiger charge is -2.48. The molecule has 9 nitrogen and oxygen atoms in total. The summed E-state index contributed by atoms with van der Waals surface area (Å²) in [5, 5.41) is 17.4. The molecule has 3 aliphatic rings. The number of likely N-dealkylation sites (tertiary alicyclic amines) is 1. The fourth-order valence-corrected chi connectivity index (χ4v) is 4.96. The Labute approximate surface area is 183 Å². The number of nitrogens with one attached hydrogen (secondary N) is 1. The number of hydroxylamine groups is 2. The van der Waals surface area contributed by atoms with Gasteiger partial charge in [0.05, 0.1) is 30.4 Å². The fourth-order valence-electron chi connectivity index (χ4n) is 4.77. The van der Waals surface area contributed by atoms with Crippen LogP contribution < -0.4 is 0 Å². The molecule has 3 atom stereocenters. The molecule has 0 aliphatic carbocycles. The van der Waals surface area contributed by atoms with Crippen LogP contribution in [0.3, 0.4) is 0 Å². The summed E-state index contributed by atoms with van der Waals surface area (Å²) in [6.45, 7) is 1.77. The first-order chi connectivity index (χ1) is 15.2. The highest BCUT2D eigenvalue weighted by Crippen LogP contribution is 2.41. The van der Waals surface area contributed by atoms with Gasteiger partial charge < -0.3 is 9.82 Å². The first kappa shape index (κ1) is 18.4. The Hall–Kier alpha value is -3.35. The minimum absolute atomic E-state index is 0.0110. The molecule has 0 saturated carbocycles. The molecule has 1 N–H and O–H groups in total. The van der Waals surface area contributed by atoms with E-state index in [1.165, 1.54) is 0 Å². The molecule has 2 saturated heterocycles. The van der Waals surface area contributed by atoms with Gasteiger partial charge in [-0.05, 0) is 30.6 Å². The molecule has 10 heteroatoms. The third-order valence-corrected chi connectivity index (χ3v) is 6.58. The molecular weight excluding hydrogens is 416 g/mol. The topological polar surface area (TPSA) is 98.9 Å². The molecule has 6 rings (SSSR count). The van der Waals surface area contributed by atoms with Crippen LogP contribution in [-0.2, 0) is 4.84 Å². The summed E-state index contributed by atoms with van der Waals surface area (Å²) < 4.78 is 1.93. The van der Waals surface area contributed by atoms with Crippen LogP contribution in [-0.4, -0.2) is 54.0 Å². The Kier molecular flexibility index (Phi) is 4.23. The van der Waals surface area contributed by atoms with Gasteiger partial charge in [-0.1, -0.05) is 11.6 Å². The lowest BCUT2D eigenvalue weighted by Crippen LogP contribution is -2.57. The second kappa shape index (κ2) is 7.11. The van der Waals surface area contributed by atoms with E-state index in [4.69, 9.17) is 16.4 Å². The van der Waals surface area contributed by atoms with Gasteiger partial charge in [-0.25, -0.2) is 9.97 Å². The van der Waals surface area contributed by atoms with Crippen LogP contribution in [0.2, 0.25) is 0 Å². The quantitative estimate of drug-likeness (QED) is 0.616. The number of rotatable bonds is 5. The van der Waals surface area contributed by atoms with Crippen LogP contribution in [0.5, 0.6) is 0 Å². The molecule has 3 unspecified atom stereocenters. The molecular formula is C21H19ClN8O.